The maximum atomic E-state index is 12.0. The zero-order valence-electron chi connectivity index (χ0n) is 11.3. The lowest BCUT2D eigenvalue weighted by Crippen LogP contribution is -2.48. The van der Waals surface area contributed by atoms with Gasteiger partial charge in [0.25, 0.3) is 0 Å². The topological polar surface area (TPSA) is 52.3 Å². The fraction of sp³-hybridized carbons (Fsp3) is 0.562. The number of Topliss-reactive ketones (excluding diaryl/α,β-unsaturated/α-hetero) is 1. The van der Waals surface area contributed by atoms with Gasteiger partial charge in [-0.1, -0.05) is 12.1 Å². The zero-order valence-corrected chi connectivity index (χ0v) is 11.3. The van der Waals surface area contributed by atoms with Crippen LogP contribution in [0.5, 0.6) is 5.75 Å². The predicted molar refractivity (Wildman–Crippen MR) is 74.4 cm³/mol. The van der Waals surface area contributed by atoms with Crippen LogP contribution < -0.4 is 10.5 Å². The van der Waals surface area contributed by atoms with Gasteiger partial charge in [0.15, 0.2) is 0 Å². The monoisotopic (exact) mass is 259 g/mol. The summed E-state index contributed by atoms with van der Waals surface area (Å²) >= 11 is 0. The van der Waals surface area contributed by atoms with Crippen molar-refractivity contribution in [3.05, 3.63) is 29.3 Å². The molecule has 3 nitrogen and oxygen atoms in total. The van der Waals surface area contributed by atoms with E-state index >= 15 is 0 Å². The molecule has 0 aromatic heterocycles. The summed E-state index contributed by atoms with van der Waals surface area (Å²) in [6.45, 7) is 0.785. The number of benzene rings is 1. The second-order valence-electron chi connectivity index (χ2n) is 5.97. The second-order valence-corrected chi connectivity index (χ2v) is 5.97. The lowest BCUT2D eigenvalue weighted by Gasteiger charge is -2.37. The summed E-state index contributed by atoms with van der Waals surface area (Å²) in [5.41, 5.74) is 8.44. The van der Waals surface area contributed by atoms with Crippen LogP contribution in [0.3, 0.4) is 0 Å². The highest BCUT2D eigenvalue weighted by atomic mass is 16.5. The molecule has 1 heterocycles. The summed E-state index contributed by atoms with van der Waals surface area (Å²) < 4.78 is 5.48. The number of ether oxygens (including phenoxy) is 1. The Morgan fingerprint density at radius 2 is 2.21 bits per heavy atom. The Bertz CT molecular complexity index is 492. The third kappa shape index (κ3) is 2.81. The maximum absolute atomic E-state index is 12.0. The van der Waals surface area contributed by atoms with Gasteiger partial charge in [-0.3, -0.25) is 4.79 Å². The van der Waals surface area contributed by atoms with Crippen molar-refractivity contribution >= 4 is 5.78 Å². The SMILES string of the molecule is NC1(CC(=O)CCc2ccc3c(c2)CCO3)CCC1. The molecule has 0 atom stereocenters. The lowest BCUT2D eigenvalue weighted by atomic mass is 9.74. The zero-order chi connectivity index (χ0) is 13.3. The number of aryl methyl sites for hydroxylation is 1. The van der Waals surface area contributed by atoms with Crippen molar-refractivity contribution in [3.8, 4) is 5.75 Å². The highest BCUT2D eigenvalue weighted by Gasteiger charge is 2.34. The number of ketones is 1. The first kappa shape index (κ1) is 12.7. The van der Waals surface area contributed by atoms with Crippen LogP contribution in [0.2, 0.25) is 0 Å². The average molecular weight is 259 g/mol. The second kappa shape index (κ2) is 4.97. The van der Waals surface area contributed by atoms with E-state index in [1.165, 1.54) is 17.5 Å². The summed E-state index contributed by atoms with van der Waals surface area (Å²) in [6.07, 6.45) is 6.17. The van der Waals surface area contributed by atoms with Gasteiger partial charge < -0.3 is 10.5 Å². The number of hydrogen-bond acceptors (Lipinski definition) is 3. The molecule has 1 aromatic rings. The van der Waals surface area contributed by atoms with E-state index in [2.05, 4.69) is 12.1 Å². The van der Waals surface area contributed by atoms with E-state index in [4.69, 9.17) is 10.5 Å². The van der Waals surface area contributed by atoms with E-state index in [-0.39, 0.29) is 5.54 Å². The van der Waals surface area contributed by atoms with Crippen LogP contribution >= 0.6 is 0 Å². The van der Waals surface area contributed by atoms with Crippen LogP contribution in [0.15, 0.2) is 18.2 Å². The van der Waals surface area contributed by atoms with Crippen molar-refractivity contribution in [1.82, 2.24) is 0 Å². The Morgan fingerprint density at radius 1 is 1.37 bits per heavy atom. The molecule has 0 unspecified atom stereocenters. The molecule has 2 N–H and O–H groups in total. The Kier molecular flexibility index (Phi) is 3.31. The Labute approximate surface area is 114 Å². The average Bonchev–Trinajstić information content (AvgIpc) is 2.81. The number of hydrogen-bond donors (Lipinski definition) is 1. The molecule has 102 valence electrons. The number of nitrogens with two attached hydrogens (primary N) is 1. The lowest BCUT2D eigenvalue weighted by molar-refractivity contribution is -0.120. The highest BCUT2D eigenvalue weighted by Crippen LogP contribution is 2.33. The van der Waals surface area contributed by atoms with Crippen LogP contribution in [0.25, 0.3) is 0 Å². The van der Waals surface area contributed by atoms with Gasteiger partial charge in [0.05, 0.1) is 6.61 Å². The molecule has 0 saturated heterocycles. The van der Waals surface area contributed by atoms with Gasteiger partial charge in [0.2, 0.25) is 0 Å². The van der Waals surface area contributed by atoms with Gasteiger partial charge in [-0.2, -0.15) is 0 Å². The molecular weight excluding hydrogens is 238 g/mol. The molecule has 2 aliphatic rings. The molecule has 0 amide bonds. The summed E-state index contributed by atoms with van der Waals surface area (Å²) in [5.74, 6) is 1.31. The van der Waals surface area contributed by atoms with Crippen molar-refractivity contribution in [3.63, 3.8) is 0 Å². The van der Waals surface area contributed by atoms with Gasteiger partial charge in [-0.05, 0) is 42.9 Å². The summed E-state index contributed by atoms with van der Waals surface area (Å²) in [5, 5.41) is 0. The van der Waals surface area contributed by atoms with E-state index in [9.17, 15) is 4.79 Å². The summed E-state index contributed by atoms with van der Waals surface area (Å²) in [4.78, 5) is 12.0. The van der Waals surface area contributed by atoms with E-state index in [1.807, 2.05) is 6.07 Å². The summed E-state index contributed by atoms with van der Waals surface area (Å²) in [6, 6.07) is 6.27. The van der Waals surface area contributed by atoms with Crippen molar-refractivity contribution in [2.24, 2.45) is 5.73 Å². The number of carbonyl (C=O) groups excluding carboxylic acids is 1. The van der Waals surface area contributed by atoms with Crippen LogP contribution in [0, 0.1) is 0 Å². The molecule has 1 fully saturated rings. The molecule has 0 spiro atoms. The molecule has 1 aliphatic carbocycles. The van der Waals surface area contributed by atoms with Gasteiger partial charge in [0.1, 0.15) is 11.5 Å². The van der Waals surface area contributed by atoms with Crippen molar-refractivity contribution in [2.75, 3.05) is 6.61 Å². The smallest absolute Gasteiger partial charge is 0.135 e. The fourth-order valence-corrected chi connectivity index (χ4v) is 2.97. The molecule has 0 bridgehead atoms. The standard InChI is InChI=1S/C16H21NO2/c17-16(7-1-8-16)11-14(18)4-2-12-3-5-15-13(10-12)6-9-19-15/h3,5,10H,1-2,4,6-9,11,17H2. The molecular formula is C16H21NO2. The van der Waals surface area contributed by atoms with Gasteiger partial charge in [0, 0.05) is 24.8 Å². The van der Waals surface area contributed by atoms with E-state index in [0.717, 1.165) is 38.0 Å². The Balaban J connectivity index is 1.53. The quantitative estimate of drug-likeness (QED) is 0.883. The van der Waals surface area contributed by atoms with E-state index in [0.29, 0.717) is 18.6 Å². The van der Waals surface area contributed by atoms with Crippen LogP contribution in [0.4, 0.5) is 0 Å². The van der Waals surface area contributed by atoms with Gasteiger partial charge in [-0.15, -0.1) is 0 Å². The maximum Gasteiger partial charge on any atom is 0.135 e. The summed E-state index contributed by atoms with van der Waals surface area (Å²) in [7, 11) is 0. The third-order valence-electron chi connectivity index (χ3n) is 4.34. The normalized spacial score (nSPS) is 19.4. The molecule has 0 radical (unpaired) electrons. The predicted octanol–water partition coefficient (Wildman–Crippen LogP) is 2.39. The molecule has 1 aliphatic heterocycles. The Morgan fingerprint density at radius 3 is 2.95 bits per heavy atom. The first-order chi connectivity index (χ1) is 9.15. The largest absolute Gasteiger partial charge is 0.493 e. The molecule has 3 rings (SSSR count). The highest BCUT2D eigenvalue weighted by molar-refractivity contribution is 5.80. The number of carbonyl (C=O) groups is 1. The van der Waals surface area contributed by atoms with Gasteiger partial charge in [-0.25, -0.2) is 0 Å². The van der Waals surface area contributed by atoms with Crippen LogP contribution in [-0.4, -0.2) is 17.9 Å². The van der Waals surface area contributed by atoms with Crippen molar-refractivity contribution < 1.29 is 9.53 Å². The van der Waals surface area contributed by atoms with Gasteiger partial charge >= 0.3 is 0 Å². The van der Waals surface area contributed by atoms with Crippen molar-refractivity contribution in [1.29, 1.82) is 0 Å². The van der Waals surface area contributed by atoms with Crippen LogP contribution in [-0.2, 0) is 17.6 Å². The third-order valence-corrected chi connectivity index (χ3v) is 4.34. The van der Waals surface area contributed by atoms with E-state index < -0.39 is 0 Å². The minimum Gasteiger partial charge on any atom is -0.493 e. The first-order valence-electron chi connectivity index (χ1n) is 7.20. The fourth-order valence-electron chi connectivity index (χ4n) is 2.97. The Hall–Kier alpha value is -1.35. The molecule has 3 heteroatoms. The molecule has 19 heavy (non-hydrogen) atoms. The first-order valence-corrected chi connectivity index (χ1v) is 7.20. The minimum atomic E-state index is -0.178. The number of fused-ring (bicyclic) bond motifs is 1. The van der Waals surface area contributed by atoms with E-state index in [1.54, 1.807) is 0 Å². The number of rotatable bonds is 5. The molecule has 1 aromatic carbocycles. The van der Waals surface area contributed by atoms with Crippen LogP contribution in [0.1, 0.15) is 43.2 Å². The van der Waals surface area contributed by atoms with Crippen molar-refractivity contribution in [2.45, 2.75) is 50.5 Å². The minimum absolute atomic E-state index is 0.178. The molecule has 1 saturated carbocycles.